The Bertz CT molecular complexity index is 884. The maximum atomic E-state index is 12.3. The van der Waals surface area contributed by atoms with E-state index < -0.39 is 16.1 Å². The summed E-state index contributed by atoms with van der Waals surface area (Å²) in [6.07, 6.45) is 1.56. The summed E-state index contributed by atoms with van der Waals surface area (Å²) in [5, 5.41) is 0.495. The first kappa shape index (κ1) is 23.3. The maximum Gasteiger partial charge on any atom is 0.339 e. The minimum Gasteiger partial charge on any atom is -0.591 e. The van der Waals surface area contributed by atoms with Gasteiger partial charge in [0.1, 0.15) is 16.1 Å². The summed E-state index contributed by atoms with van der Waals surface area (Å²) < 4.78 is 21.9. The fraction of sp³-hybridized carbons (Fsp3) is 0.300. The largest absolute Gasteiger partial charge is 0.591 e. The predicted octanol–water partition coefficient (Wildman–Crippen LogP) is 6.31. The van der Waals surface area contributed by atoms with Gasteiger partial charge in [-0.2, -0.15) is 0 Å². The van der Waals surface area contributed by atoms with Gasteiger partial charge in [-0.3, -0.25) is 0 Å². The number of carbonyl (C=O) groups is 1. The zero-order chi connectivity index (χ0) is 20.9. The third kappa shape index (κ3) is 6.00. The van der Waals surface area contributed by atoms with E-state index in [2.05, 4.69) is 20.3 Å². The molecule has 0 aliphatic carbocycles. The van der Waals surface area contributed by atoms with Crippen LogP contribution in [0, 0.1) is 0 Å². The van der Waals surface area contributed by atoms with Crippen molar-refractivity contribution in [2.45, 2.75) is 42.2 Å². The molecule has 8 heteroatoms. The second-order valence-electron chi connectivity index (χ2n) is 6.69. The topological polar surface area (TPSA) is 61.7 Å². The molecule has 1 atom stereocenters. The van der Waals surface area contributed by atoms with Crippen molar-refractivity contribution < 1.29 is 14.1 Å². The number of ether oxygens (including phenoxy) is 1. The fourth-order valence-electron chi connectivity index (χ4n) is 2.06. The summed E-state index contributed by atoms with van der Waals surface area (Å²) in [5.74, 6) is -0.388. The van der Waals surface area contributed by atoms with Crippen molar-refractivity contribution in [3.8, 4) is 0 Å². The molecule has 28 heavy (non-hydrogen) atoms. The summed E-state index contributed by atoms with van der Waals surface area (Å²) >= 11 is 9.92. The fourth-order valence-corrected chi connectivity index (χ4v) is 4.40. The van der Waals surface area contributed by atoms with E-state index >= 15 is 0 Å². The van der Waals surface area contributed by atoms with Crippen LogP contribution in [-0.4, -0.2) is 28.1 Å². The molecule has 2 rings (SSSR count). The molecule has 1 unspecified atom stereocenters. The van der Waals surface area contributed by atoms with Crippen molar-refractivity contribution in [3.63, 3.8) is 0 Å². The van der Waals surface area contributed by atoms with Gasteiger partial charge in [-0.1, -0.05) is 46.0 Å². The zero-order valence-electron chi connectivity index (χ0n) is 16.0. The molecular weight excluding hydrogens is 482 g/mol. The molecule has 0 heterocycles. The first-order valence-electron chi connectivity index (χ1n) is 8.53. The minimum atomic E-state index is -1.39. The van der Waals surface area contributed by atoms with Crippen molar-refractivity contribution in [3.05, 3.63) is 57.0 Å². The molecule has 2 aromatic carbocycles. The van der Waals surface area contributed by atoms with Crippen LogP contribution >= 0.6 is 39.3 Å². The van der Waals surface area contributed by atoms with Gasteiger partial charge in [0.15, 0.2) is 0 Å². The molecule has 0 saturated carbocycles. The first-order valence-corrected chi connectivity index (χ1v) is 11.6. The van der Waals surface area contributed by atoms with Crippen molar-refractivity contribution in [1.29, 1.82) is 0 Å². The number of hydrogen-bond acceptors (Lipinski definition) is 5. The van der Waals surface area contributed by atoms with E-state index in [1.165, 1.54) is 11.8 Å². The summed E-state index contributed by atoms with van der Waals surface area (Å²) in [4.78, 5) is 13.7. The Morgan fingerprint density at radius 1 is 1.32 bits per heavy atom. The van der Waals surface area contributed by atoms with Gasteiger partial charge in [-0.05, 0) is 61.8 Å². The average Bonchev–Trinajstić information content (AvgIpc) is 2.64. The smallest absolute Gasteiger partial charge is 0.339 e. The van der Waals surface area contributed by atoms with E-state index in [1.807, 2.05) is 45.0 Å². The first-order chi connectivity index (χ1) is 13.1. The Labute approximate surface area is 186 Å². The third-order valence-electron chi connectivity index (χ3n) is 3.49. The molecule has 0 amide bonds. The van der Waals surface area contributed by atoms with E-state index in [9.17, 15) is 9.35 Å². The van der Waals surface area contributed by atoms with E-state index in [0.717, 1.165) is 10.0 Å². The number of halogens is 2. The Morgan fingerprint density at radius 3 is 2.64 bits per heavy atom. The highest BCUT2D eigenvalue weighted by Gasteiger charge is 2.26. The lowest BCUT2D eigenvalue weighted by Gasteiger charge is -2.18. The van der Waals surface area contributed by atoms with Crippen molar-refractivity contribution >= 4 is 62.8 Å². The molecule has 150 valence electrons. The monoisotopic (exact) mass is 501 g/mol. The van der Waals surface area contributed by atoms with Gasteiger partial charge < -0.3 is 9.29 Å². The van der Waals surface area contributed by atoms with Crippen LogP contribution in [0.4, 0.5) is 0 Å². The molecule has 0 radical (unpaired) electrons. The van der Waals surface area contributed by atoms with E-state index in [4.69, 9.17) is 16.3 Å². The highest BCUT2D eigenvalue weighted by Crippen LogP contribution is 2.40. The second kappa shape index (κ2) is 10.2. The molecule has 0 saturated heterocycles. The average molecular weight is 503 g/mol. The highest BCUT2D eigenvalue weighted by atomic mass is 79.9. The van der Waals surface area contributed by atoms with Crippen LogP contribution in [0.2, 0.25) is 5.02 Å². The van der Waals surface area contributed by atoms with Gasteiger partial charge in [0.2, 0.25) is 0 Å². The lowest BCUT2D eigenvalue weighted by atomic mass is 10.2. The molecule has 4 nitrogen and oxygen atoms in total. The standard InChI is InChI=1S/C20H21BrClNO3S2/c1-5-26-19(24)14-8-6-7-9-16(14)27-18-13(10-11-15(21)17(18)22)12-23-28(25)20(2,3)4/h6-12H,5H2,1-4H3/b23-12+. The molecule has 0 N–H and O–H groups in total. The van der Waals surface area contributed by atoms with Crippen molar-refractivity contribution in [2.24, 2.45) is 4.40 Å². The number of esters is 1. The molecule has 0 aliphatic heterocycles. The van der Waals surface area contributed by atoms with Gasteiger partial charge in [-0.25, -0.2) is 4.79 Å². The van der Waals surface area contributed by atoms with Gasteiger partial charge in [-0.15, -0.1) is 0 Å². The Hall–Kier alpha value is -0.990. The Morgan fingerprint density at radius 2 is 2.00 bits per heavy atom. The third-order valence-corrected chi connectivity index (χ3v) is 7.44. The molecule has 0 fully saturated rings. The molecule has 0 spiro atoms. The molecule has 0 aliphatic rings. The summed E-state index contributed by atoms with van der Waals surface area (Å²) in [7, 11) is 0. The summed E-state index contributed by atoms with van der Waals surface area (Å²) in [6, 6.07) is 10.8. The Kier molecular flexibility index (Phi) is 8.45. The van der Waals surface area contributed by atoms with Crippen molar-refractivity contribution in [1.82, 2.24) is 0 Å². The van der Waals surface area contributed by atoms with Gasteiger partial charge in [0.05, 0.1) is 23.4 Å². The molecular formula is C20H21BrClNO3S2. The maximum absolute atomic E-state index is 12.3. The van der Waals surface area contributed by atoms with Gasteiger partial charge in [0.25, 0.3) is 0 Å². The number of nitrogens with zero attached hydrogens (tertiary/aromatic N) is 1. The Balaban J connectivity index is 2.45. The number of carbonyl (C=O) groups excluding carboxylic acids is 1. The number of benzene rings is 2. The van der Waals surface area contributed by atoms with Crippen molar-refractivity contribution in [2.75, 3.05) is 6.61 Å². The van der Waals surface area contributed by atoms with Crippen LogP contribution < -0.4 is 0 Å². The van der Waals surface area contributed by atoms with Crippen LogP contribution in [-0.2, 0) is 16.1 Å². The van der Waals surface area contributed by atoms with Crippen LogP contribution in [0.3, 0.4) is 0 Å². The van der Waals surface area contributed by atoms with Crippen LogP contribution in [0.1, 0.15) is 43.6 Å². The normalized spacial score (nSPS) is 13.0. The number of hydrogen-bond donors (Lipinski definition) is 0. The zero-order valence-corrected chi connectivity index (χ0v) is 20.0. The SMILES string of the molecule is CCOC(=O)c1ccccc1Sc1c(/C=N/[S+]([O-])C(C)(C)C)ccc(Br)c1Cl. The minimum absolute atomic E-state index is 0.298. The lowest BCUT2D eigenvalue weighted by molar-refractivity contribution is 0.0522. The van der Waals surface area contributed by atoms with Crippen LogP contribution in [0.5, 0.6) is 0 Å². The number of rotatable bonds is 6. The molecule has 0 aromatic heterocycles. The van der Waals surface area contributed by atoms with Gasteiger partial charge >= 0.3 is 5.97 Å². The van der Waals surface area contributed by atoms with Crippen LogP contribution in [0.25, 0.3) is 0 Å². The summed E-state index contributed by atoms with van der Waals surface area (Å²) in [5.41, 5.74) is 1.18. The van der Waals surface area contributed by atoms with Crippen LogP contribution in [0.15, 0.2) is 55.1 Å². The van der Waals surface area contributed by atoms with E-state index in [1.54, 1.807) is 25.3 Å². The predicted molar refractivity (Wildman–Crippen MR) is 121 cm³/mol. The summed E-state index contributed by atoms with van der Waals surface area (Å²) in [6.45, 7) is 7.65. The lowest BCUT2D eigenvalue weighted by Crippen LogP contribution is -2.25. The molecule has 2 aromatic rings. The quantitative estimate of drug-likeness (QED) is 0.264. The van der Waals surface area contributed by atoms with E-state index in [-0.39, 0.29) is 5.97 Å². The second-order valence-corrected chi connectivity index (χ2v) is 10.9. The highest BCUT2D eigenvalue weighted by molar-refractivity contribution is 9.10. The van der Waals surface area contributed by atoms with E-state index in [0.29, 0.717) is 27.0 Å². The molecule has 0 bridgehead atoms. The van der Waals surface area contributed by atoms with Gasteiger partial charge in [0, 0.05) is 19.8 Å².